The molecule has 2 saturated heterocycles. The van der Waals surface area contributed by atoms with Crippen molar-refractivity contribution in [1.82, 2.24) is 0 Å². The fraction of sp³-hybridized carbons (Fsp3) is 0.476. The molecule has 156 valence electrons. The Bertz CT molecular complexity index is 849. The number of esters is 3. The summed E-state index contributed by atoms with van der Waals surface area (Å²) in [6.07, 6.45) is 0.273. The van der Waals surface area contributed by atoms with Gasteiger partial charge in [0.25, 0.3) is 0 Å². The van der Waals surface area contributed by atoms with Crippen LogP contribution in [-0.4, -0.2) is 60.6 Å². The fourth-order valence-electron chi connectivity index (χ4n) is 3.53. The molecule has 0 saturated carbocycles. The van der Waals surface area contributed by atoms with Crippen LogP contribution in [0.5, 0.6) is 0 Å². The quantitative estimate of drug-likeness (QED) is 0.245. The number of aliphatic hydroxyl groups is 1. The number of fused-ring (bicyclic) bond motifs is 2. The topological polar surface area (TPSA) is 112 Å². The van der Waals surface area contributed by atoms with Crippen molar-refractivity contribution in [3.8, 4) is 0 Å². The highest BCUT2D eigenvalue weighted by Gasteiger charge is 2.51. The van der Waals surface area contributed by atoms with E-state index in [1.54, 1.807) is 26.0 Å². The molecule has 3 aliphatic rings. The summed E-state index contributed by atoms with van der Waals surface area (Å²) in [6, 6.07) is 0. The summed E-state index contributed by atoms with van der Waals surface area (Å²) in [6.45, 7) is 8.79. The van der Waals surface area contributed by atoms with Crippen LogP contribution in [0.3, 0.4) is 0 Å². The number of ether oxygens (including phenoxy) is 4. The molecule has 0 radical (unpaired) electrons. The number of methoxy groups -OCH3 is 1. The van der Waals surface area contributed by atoms with Gasteiger partial charge in [-0.25, -0.2) is 14.4 Å². The molecule has 2 fully saturated rings. The number of hydrogen-bond acceptors (Lipinski definition) is 8. The van der Waals surface area contributed by atoms with Gasteiger partial charge < -0.3 is 24.1 Å². The van der Waals surface area contributed by atoms with Gasteiger partial charge in [-0.3, -0.25) is 0 Å². The molecule has 29 heavy (non-hydrogen) atoms. The molecule has 2 aliphatic heterocycles. The number of aliphatic hydroxyl groups excluding tert-OH is 1. The minimum absolute atomic E-state index is 0.0482. The van der Waals surface area contributed by atoms with Crippen molar-refractivity contribution in [2.75, 3.05) is 7.11 Å². The van der Waals surface area contributed by atoms with Gasteiger partial charge in [0.05, 0.1) is 18.6 Å². The third-order valence-electron chi connectivity index (χ3n) is 5.41. The maximum absolute atomic E-state index is 12.5. The van der Waals surface area contributed by atoms with Crippen LogP contribution in [0.1, 0.15) is 20.8 Å². The summed E-state index contributed by atoms with van der Waals surface area (Å²) in [4.78, 5) is 37.0. The number of epoxide rings is 1. The molecule has 3 rings (SSSR count). The third-order valence-corrected chi connectivity index (χ3v) is 5.41. The Morgan fingerprint density at radius 1 is 1.28 bits per heavy atom. The molecule has 0 aromatic rings. The maximum atomic E-state index is 12.5. The van der Waals surface area contributed by atoms with Gasteiger partial charge in [-0.2, -0.15) is 0 Å². The van der Waals surface area contributed by atoms with E-state index in [0.29, 0.717) is 5.57 Å². The molecular weight excluding hydrogens is 380 g/mol. The molecule has 0 aromatic heterocycles. The van der Waals surface area contributed by atoms with E-state index in [1.807, 2.05) is 6.92 Å². The van der Waals surface area contributed by atoms with Gasteiger partial charge in [-0.1, -0.05) is 12.7 Å². The SMILES string of the molecule is C=C1C(=O)O[C@@H]2/C=C(\C)[C@@H]3O[C@@H]3/C=C(/C(=O)OC)[C@H](O)[C@@H](OC(=O)/C(C)=C\C)[C@@H]12. The maximum Gasteiger partial charge on any atom is 0.336 e. The molecule has 1 aliphatic carbocycles. The van der Waals surface area contributed by atoms with Gasteiger partial charge in [0, 0.05) is 11.1 Å². The van der Waals surface area contributed by atoms with E-state index in [1.165, 1.54) is 13.2 Å². The molecule has 8 nitrogen and oxygen atoms in total. The standard InChI is InChI=1S/C21H24O8/c1-6-9(2)19(23)29-18-15-11(4)20(24)28-13(15)7-10(3)17-14(27-17)8-12(16(18)22)21(25)26-5/h6-8,13-18,22H,4H2,1-3,5H3/b9-6-,10-7+,12-8+/t13-,14-,15+,16+,17+,18+/m1/s1. The average molecular weight is 404 g/mol. The Labute approximate surface area is 168 Å². The van der Waals surface area contributed by atoms with Crippen LogP contribution in [-0.2, 0) is 33.3 Å². The van der Waals surface area contributed by atoms with Crippen molar-refractivity contribution in [2.24, 2.45) is 5.92 Å². The minimum atomic E-state index is -1.58. The van der Waals surface area contributed by atoms with E-state index in [0.717, 1.165) is 5.57 Å². The Morgan fingerprint density at radius 2 is 1.97 bits per heavy atom. The lowest BCUT2D eigenvalue weighted by atomic mass is 9.83. The second-order valence-electron chi connectivity index (χ2n) is 7.25. The van der Waals surface area contributed by atoms with Crippen LogP contribution in [0.4, 0.5) is 0 Å². The molecule has 0 bridgehead atoms. The first-order valence-corrected chi connectivity index (χ1v) is 9.25. The second-order valence-corrected chi connectivity index (χ2v) is 7.25. The van der Waals surface area contributed by atoms with Gasteiger partial charge in [0.2, 0.25) is 0 Å². The molecular formula is C21H24O8. The number of rotatable bonds is 3. The third kappa shape index (κ3) is 3.90. The summed E-state index contributed by atoms with van der Waals surface area (Å²) >= 11 is 0. The van der Waals surface area contributed by atoms with E-state index in [2.05, 4.69) is 6.58 Å². The zero-order valence-corrected chi connectivity index (χ0v) is 16.7. The summed E-state index contributed by atoms with van der Waals surface area (Å²) in [7, 11) is 1.18. The van der Waals surface area contributed by atoms with Crippen LogP contribution < -0.4 is 0 Å². The first-order chi connectivity index (χ1) is 13.7. The van der Waals surface area contributed by atoms with Crippen molar-refractivity contribution < 1.29 is 38.4 Å². The Hall–Kier alpha value is -2.71. The normalized spacial score (nSPS) is 37.8. The van der Waals surface area contributed by atoms with Crippen LogP contribution in [0, 0.1) is 5.92 Å². The highest BCUT2D eigenvalue weighted by molar-refractivity contribution is 5.93. The van der Waals surface area contributed by atoms with Crippen molar-refractivity contribution in [3.63, 3.8) is 0 Å². The lowest BCUT2D eigenvalue weighted by molar-refractivity contribution is -0.155. The van der Waals surface area contributed by atoms with Crippen LogP contribution in [0.15, 0.2) is 47.1 Å². The lowest BCUT2D eigenvalue weighted by Gasteiger charge is -2.31. The Morgan fingerprint density at radius 3 is 2.59 bits per heavy atom. The molecule has 0 amide bonds. The lowest BCUT2D eigenvalue weighted by Crippen LogP contribution is -2.44. The number of hydrogen-bond donors (Lipinski definition) is 1. The second kappa shape index (κ2) is 7.96. The first kappa shape index (κ1) is 21.0. The highest BCUT2D eigenvalue weighted by Crippen LogP contribution is 2.40. The van der Waals surface area contributed by atoms with E-state index in [4.69, 9.17) is 18.9 Å². The number of carbonyl (C=O) groups is 3. The van der Waals surface area contributed by atoms with Gasteiger partial charge in [-0.15, -0.1) is 0 Å². The predicted octanol–water partition coefficient (Wildman–Crippen LogP) is 1.15. The van der Waals surface area contributed by atoms with E-state index >= 15 is 0 Å². The van der Waals surface area contributed by atoms with Crippen molar-refractivity contribution >= 4 is 17.9 Å². The highest BCUT2D eigenvalue weighted by atomic mass is 16.6. The Balaban J connectivity index is 2.10. The number of carbonyl (C=O) groups excluding carboxylic acids is 3. The minimum Gasteiger partial charge on any atom is -0.466 e. The summed E-state index contributed by atoms with van der Waals surface area (Å²) < 4.78 is 21.3. The van der Waals surface area contributed by atoms with E-state index in [9.17, 15) is 19.5 Å². The molecule has 6 atom stereocenters. The van der Waals surface area contributed by atoms with Gasteiger partial charge in [0.15, 0.2) is 0 Å². The molecule has 0 spiro atoms. The monoisotopic (exact) mass is 404 g/mol. The fourth-order valence-corrected chi connectivity index (χ4v) is 3.53. The first-order valence-electron chi connectivity index (χ1n) is 9.25. The van der Waals surface area contributed by atoms with Crippen LogP contribution in [0.2, 0.25) is 0 Å². The van der Waals surface area contributed by atoms with E-state index in [-0.39, 0.29) is 17.3 Å². The summed E-state index contributed by atoms with van der Waals surface area (Å²) in [5.74, 6) is -3.02. The molecule has 0 unspecified atom stereocenters. The summed E-state index contributed by atoms with van der Waals surface area (Å²) in [5, 5.41) is 11.1. The van der Waals surface area contributed by atoms with Crippen molar-refractivity contribution in [3.05, 3.63) is 47.1 Å². The summed E-state index contributed by atoms with van der Waals surface area (Å²) in [5.41, 5.74) is 1.03. The predicted molar refractivity (Wildman–Crippen MR) is 100 cm³/mol. The van der Waals surface area contributed by atoms with Gasteiger partial charge in [0.1, 0.15) is 30.5 Å². The molecule has 2 heterocycles. The largest absolute Gasteiger partial charge is 0.466 e. The molecule has 8 heteroatoms. The van der Waals surface area contributed by atoms with Gasteiger partial charge in [-0.05, 0) is 38.5 Å². The van der Waals surface area contributed by atoms with Crippen molar-refractivity contribution in [2.45, 2.75) is 51.3 Å². The Kier molecular flexibility index (Phi) is 5.77. The zero-order valence-electron chi connectivity index (χ0n) is 16.7. The molecule has 1 N–H and O–H groups in total. The van der Waals surface area contributed by atoms with Crippen LogP contribution >= 0.6 is 0 Å². The van der Waals surface area contributed by atoms with Crippen molar-refractivity contribution in [1.29, 1.82) is 0 Å². The van der Waals surface area contributed by atoms with E-state index < -0.39 is 48.2 Å². The zero-order chi connectivity index (χ0) is 21.5. The van der Waals surface area contributed by atoms with Gasteiger partial charge >= 0.3 is 17.9 Å². The number of allylic oxidation sites excluding steroid dienone is 1. The average Bonchev–Trinajstić information content (AvgIpc) is 3.42. The smallest absolute Gasteiger partial charge is 0.336 e. The molecule has 0 aromatic carbocycles. The van der Waals surface area contributed by atoms with Crippen LogP contribution in [0.25, 0.3) is 0 Å².